The molecule has 0 unspecified atom stereocenters. The molecule has 2 heteroatoms. The SMILES string of the molecule is CC[C@H](/C=C/[C@@H](C)[C@H]1CC[C@H]2[C@@H]3C[C@H](O)C4=C[C@H](O)CC[C@]4(C)[C@H]3CC[C@]12C)C(C)C. The Morgan fingerprint density at radius 1 is 1.00 bits per heavy atom. The van der Waals surface area contributed by atoms with E-state index in [1.807, 2.05) is 6.08 Å². The van der Waals surface area contributed by atoms with Crippen LogP contribution in [0.5, 0.6) is 0 Å². The molecule has 2 N–H and O–H groups in total. The van der Waals surface area contributed by atoms with Crippen molar-refractivity contribution in [3.05, 3.63) is 23.8 Å². The van der Waals surface area contributed by atoms with Gasteiger partial charge in [0.15, 0.2) is 0 Å². The molecule has 4 aliphatic carbocycles. The van der Waals surface area contributed by atoms with Gasteiger partial charge in [-0.05, 0) is 109 Å². The predicted molar refractivity (Wildman–Crippen MR) is 130 cm³/mol. The first-order valence-corrected chi connectivity index (χ1v) is 13.4. The Morgan fingerprint density at radius 3 is 2.42 bits per heavy atom. The van der Waals surface area contributed by atoms with Crippen LogP contribution in [-0.2, 0) is 0 Å². The number of hydrogen-bond donors (Lipinski definition) is 2. The molecule has 0 heterocycles. The number of aliphatic hydroxyl groups excluding tert-OH is 2. The van der Waals surface area contributed by atoms with Crippen LogP contribution in [-0.4, -0.2) is 22.4 Å². The lowest BCUT2D eigenvalue weighted by Gasteiger charge is -2.59. The van der Waals surface area contributed by atoms with Gasteiger partial charge in [0.2, 0.25) is 0 Å². The summed E-state index contributed by atoms with van der Waals surface area (Å²) in [4.78, 5) is 0. The average Bonchev–Trinajstić information content (AvgIpc) is 3.07. The molecule has 3 saturated carbocycles. The fraction of sp³-hybridized carbons (Fsp3) is 0.862. The first kappa shape index (κ1) is 23.6. The number of fused-ring (bicyclic) bond motifs is 5. The van der Waals surface area contributed by atoms with Crippen LogP contribution in [0, 0.1) is 52.3 Å². The lowest BCUT2D eigenvalue weighted by atomic mass is 9.46. The third-order valence-corrected chi connectivity index (χ3v) is 10.8. The van der Waals surface area contributed by atoms with E-state index in [4.69, 9.17) is 0 Å². The number of allylic oxidation sites excluding steroid dienone is 2. The Balaban J connectivity index is 1.55. The van der Waals surface area contributed by atoms with Crippen LogP contribution in [0.1, 0.15) is 92.9 Å². The van der Waals surface area contributed by atoms with Crippen molar-refractivity contribution in [3.63, 3.8) is 0 Å². The van der Waals surface area contributed by atoms with Gasteiger partial charge in [-0.2, -0.15) is 0 Å². The van der Waals surface area contributed by atoms with Gasteiger partial charge in [0.1, 0.15) is 0 Å². The summed E-state index contributed by atoms with van der Waals surface area (Å²) >= 11 is 0. The van der Waals surface area contributed by atoms with Gasteiger partial charge in [-0.15, -0.1) is 0 Å². The number of hydrogen-bond acceptors (Lipinski definition) is 2. The Bertz CT molecular complexity index is 708. The number of aliphatic hydroxyl groups is 2. The third-order valence-electron chi connectivity index (χ3n) is 10.8. The van der Waals surface area contributed by atoms with Crippen LogP contribution < -0.4 is 0 Å². The highest BCUT2D eigenvalue weighted by Gasteiger charge is 2.60. The van der Waals surface area contributed by atoms with Gasteiger partial charge in [0.05, 0.1) is 12.2 Å². The second-order valence-electron chi connectivity index (χ2n) is 12.6. The van der Waals surface area contributed by atoms with E-state index in [0.29, 0.717) is 29.1 Å². The second kappa shape index (κ2) is 8.64. The van der Waals surface area contributed by atoms with Crippen molar-refractivity contribution in [1.29, 1.82) is 0 Å². The van der Waals surface area contributed by atoms with Gasteiger partial charge < -0.3 is 10.2 Å². The van der Waals surface area contributed by atoms with Crippen LogP contribution in [0.25, 0.3) is 0 Å². The normalized spacial score (nSPS) is 46.9. The molecule has 0 spiro atoms. The highest BCUT2D eigenvalue weighted by Crippen LogP contribution is 2.67. The first-order valence-electron chi connectivity index (χ1n) is 13.4. The maximum atomic E-state index is 11.1. The highest BCUT2D eigenvalue weighted by molar-refractivity contribution is 5.29. The van der Waals surface area contributed by atoms with E-state index in [2.05, 4.69) is 53.7 Å². The Morgan fingerprint density at radius 2 is 1.74 bits per heavy atom. The fourth-order valence-corrected chi connectivity index (χ4v) is 8.94. The van der Waals surface area contributed by atoms with Crippen LogP contribution in [0.4, 0.5) is 0 Å². The first-order chi connectivity index (χ1) is 14.6. The van der Waals surface area contributed by atoms with Crippen LogP contribution in [0.15, 0.2) is 23.8 Å². The Labute approximate surface area is 191 Å². The molecule has 0 saturated heterocycles. The lowest BCUT2D eigenvalue weighted by molar-refractivity contribution is -0.0852. The Kier molecular flexibility index (Phi) is 6.56. The van der Waals surface area contributed by atoms with Crippen molar-refractivity contribution in [2.24, 2.45) is 52.3 Å². The van der Waals surface area contributed by atoms with Gasteiger partial charge in [-0.1, -0.05) is 59.8 Å². The van der Waals surface area contributed by atoms with Crippen molar-refractivity contribution in [1.82, 2.24) is 0 Å². The van der Waals surface area contributed by atoms with E-state index in [1.165, 1.54) is 37.7 Å². The van der Waals surface area contributed by atoms with Crippen molar-refractivity contribution >= 4 is 0 Å². The van der Waals surface area contributed by atoms with E-state index in [0.717, 1.165) is 37.0 Å². The van der Waals surface area contributed by atoms with Gasteiger partial charge in [-0.3, -0.25) is 0 Å². The zero-order valence-electron chi connectivity index (χ0n) is 21.0. The fourth-order valence-electron chi connectivity index (χ4n) is 8.94. The zero-order valence-corrected chi connectivity index (χ0v) is 21.0. The van der Waals surface area contributed by atoms with Crippen molar-refractivity contribution in [2.75, 3.05) is 0 Å². The molecule has 0 aromatic rings. The Hall–Kier alpha value is -0.600. The molecule has 176 valence electrons. The maximum Gasteiger partial charge on any atom is 0.0759 e. The van der Waals surface area contributed by atoms with Crippen LogP contribution >= 0.6 is 0 Å². The van der Waals surface area contributed by atoms with Gasteiger partial charge in [0.25, 0.3) is 0 Å². The quantitative estimate of drug-likeness (QED) is 0.474. The minimum Gasteiger partial charge on any atom is -0.389 e. The molecule has 4 aliphatic rings. The molecule has 0 aromatic carbocycles. The summed E-state index contributed by atoms with van der Waals surface area (Å²) in [6.07, 6.45) is 15.8. The van der Waals surface area contributed by atoms with Gasteiger partial charge in [-0.25, -0.2) is 0 Å². The van der Waals surface area contributed by atoms with Gasteiger partial charge >= 0.3 is 0 Å². The summed E-state index contributed by atoms with van der Waals surface area (Å²) < 4.78 is 0. The summed E-state index contributed by atoms with van der Waals surface area (Å²) in [5.41, 5.74) is 1.68. The predicted octanol–water partition coefficient (Wildman–Crippen LogP) is 6.77. The zero-order chi connectivity index (χ0) is 22.6. The molecule has 4 rings (SSSR count). The van der Waals surface area contributed by atoms with E-state index in [1.54, 1.807) is 0 Å². The third kappa shape index (κ3) is 3.88. The topological polar surface area (TPSA) is 40.5 Å². The van der Waals surface area contributed by atoms with Crippen LogP contribution in [0.2, 0.25) is 0 Å². The molecular formula is C29H48O2. The lowest BCUT2D eigenvalue weighted by Crippen LogP contribution is -2.54. The van der Waals surface area contributed by atoms with Crippen molar-refractivity contribution in [3.8, 4) is 0 Å². The second-order valence-corrected chi connectivity index (χ2v) is 12.6. The summed E-state index contributed by atoms with van der Waals surface area (Å²) in [6, 6.07) is 0. The van der Waals surface area contributed by atoms with E-state index in [9.17, 15) is 10.2 Å². The van der Waals surface area contributed by atoms with Crippen molar-refractivity contribution in [2.45, 2.75) is 105 Å². The molecular weight excluding hydrogens is 380 g/mol. The standard InChI is InChI=1S/C29H48O2/c1-7-20(18(2)3)9-8-19(4)23-10-11-24-22-17-27(31)26-16-21(30)12-14-29(26,6)25(22)13-15-28(23,24)5/h8-9,16,18-25,27,30-31H,7,10-15,17H2,1-6H3/b9-8+/t19-,20-,21-,22+,23-,24+,25+,27+,28-,29-/m1/s1. The molecule has 0 amide bonds. The summed E-state index contributed by atoms with van der Waals surface area (Å²) in [7, 11) is 0. The molecule has 0 bridgehead atoms. The molecule has 2 nitrogen and oxygen atoms in total. The molecule has 0 aliphatic heterocycles. The highest BCUT2D eigenvalue weighted by atomic mass is 16.3. The average molecular weight is 429 g/mol. The van der Waals surface area contributed by atoms with Crippen molar-refractivity contribution < 1.29 is 10.2 Å². The van der Waals surface area contributed by atoms with Crippen LogP contribution in [0.3, 0.4) is 0 Å². The molecule has 31 heavy (non-hydrogen) atoms. The summed E-state index contributed by atoms with van der Waals surface area (Å²) in [6.45, 7) is 14.5. The van der Waals surface area contributed by atoms with E-state index < -0.39 is 0 Å². The molecule has 3 fully saturated rings. The monoisotopic (exact) mass is 428 g/mol. The number of rotatable bonds is 5. The molecule has 0 radical (unpaired) electrons. The smallest absolute Gasteiger partial charge is 0.0759 e. The minimum atomic E-state index is -0.357. The maximum absolute atomic E-state index is 11.1. The summed E-state index contributed by atoms with van der Waals surface area (Å²) in [5.74, 6) is 4.91. The van der Waals surface area contributed by atoms with Gasteiger partial charge in [0, 0.05) is 0 Å². The largest absolute Gasteiger partial charge is 0.389 e. The minimum absolute atomic E-state index is 0.0953. The van der Waals surface area contributed by atoms with E-state index in [-0.39, 0.29) is 17.6 Å². The van der Waals surface area contributed by atoms with E-state index >= 15 is 0 Å². The summed E-state index contributed by atoms with van der Waals surface area (Å²) in [5, 5.41) is 21.4. The molecule has 0 aromatic heterocycles. The molecule has 10 atom stereocenters.